The summed E-state index contributed by atoms with van der Waals surface area (Å²) in [5, 5.41) is 29.8. The molecule has 0 radical (unpaired) electrons. The topological polar surface area (TPSA) is 205 Å². The zero-order valence-electron chi connectivity index (χ0n) is 45.4. The molecule has 0 bridgehead atoms. The van der Waals surface area contributed by atoms with Crippen LogP contribution >= 0.6 is 0 Å². The molecule has 4 aromatic heterocycles. The molecule has 2 aromatic carbocycles. The summed E-state index contributed by atoms with van der Waals surface area (Å²) in [6.07, 6.45) is 1.55. The molecule has 18 heteroatoms. The fourth-order valence-electron chi connectivity index (χ4n) is 11.2. The Bertz CT molecular complexity index is 3640. The number of aryl methyl sites for hydroxylation is 2. The quantitative estimate of drug-likeness (QED) is 0.0858. The van der Waals surface area contributed by atoms with Gasteiger partial charge in [0.1, 0.15) is 60.8 Å². The smallest absolute Gasteiger partial charge is 0.258 e. The summed E-state index contributed by atoms with van der Waals surface area (Å²) in [6.45, 7) is 26.5. The number of amides is 2. The minimum atomic E-state index is -1.49. The summed E-state index contributed by atoms with van der Waals surface area (Å²) in [5.41, 5.74) is 6.68. The minimum Gasteiger partial charge on any atom is -0.490 e. The van der Waals surface area contributed by atoms with Crippen LogP contribution in [0.5, 0.6) is 0 Å². The third-order valence-corrected chi connectivity index (χ3v) is 15.6. The SMILES string of the molecule is C=C1OCc2c(cc3n(c2=O)Cc2c-3nc3cc(F)c(C)c(CNC(=O)COC(C)C)c3c2CC)[C@@]1(O)CC.C=C1OCc2c(cc3n(c2=O)Cc2c-3nc3cc(F)c(C)c(NC(=O)COC(C)C)c3c2CC)[C@@]1(O)CC. The molecule has 4 aliphatic heterocycles. The predicted molar refractivity (Wildman–Crippen MR) is 288 cm³/mol. The van der Waals surface area contributed by atoms with Crippen molar-refractivity contribution in [1.29, 1.82) is 0 Å². The molecule has 0 fully saturated rings. The molecule has 0 unspecified atom stereocenters. The van der Waals surface area contributed by atoms with Crippen LogP contribution in [0.2, 0.25) is 0 Å². The van der Waals surface area contributed by atoms with Gasteiger partial charge in [-0.05, 0) is 102 Å². The Morgan fingerprint density at radius 1 is 0.688 bits per heavy atom. The van der Waals surface area contributed by atoms with E-state index in [2.05, 4.69) is 23.8 Å². The number of nitrogens with one attached hydrogen (secondary N) is 2. The lowest BCUT2D eigenvalue weighted by Crippen LogP contribution is -2.38. The van der Waals surface area contributed by atoms with Crippen molar-refractivity contribution in [2.75, 3.05) is 18.5 Å². The van der Waals surface area contributed by atoms with Crippen LogP contribution in [0.3, 0.4) is 0 Å². The van der Waals surface area contributed by atoms with E-state index in [1.807, 2.05) is 48.5 Å². The number of pyridine rings is 4. The lowest BCUT2D eigenvalue weighted by molar-refractivity contribution is -0.127. The lowest BCUT2D eigenvalue weighted by Gasteiger charge is -2.35. The van der Waals surface area contributed by atoms with E-state index in [0.29, 0.717) is 110 Å². The number of ether oxygens (including phenoxy) is 4. The number of carbonyl (C=O) groups excluding carboxylic acids is 2. The van der Waals surface area contributed by atoms with Crippen molar-refractivity contribution in [3.05, 3.63) is 142 Å². The number of aliphatic hydroxyl groups is 2. The van der Waals surface area contributed by atoms with Crippen molar-refractivity contribution >= 4 is 39.3 Å². The zero-order valence-corrected chi connectivity index (χ0v) is 45.4. The minimum absolute atomic E-state index is 0.0288. The van der Waals surface area contributed by atoms with Gasteiger partial charge in [0.25, 0.3) is 11.1 Å². The van der Waals surface area contributed by atoms with Crippen LogP contribution in [0.4, 0.5) is 14.5 Å². The normalized spacial score (nSPS) is 17.8. The highest BCUT2D eigenvalue weighted by atomic mass is 19.1. The number of benzene rings is 2. The van der Waals surface area contributed by atoms with Gasteiger partial charge in [-0.2, -0.15) is 0 Å². The van der Waals surface area contributed by atoms with Gasteiger partial charge in [-0.15, -0.1) is 0 Å². The molecule has 10 rings (SSSR count). The molecule has 0 aliphatic carbocycles. The van der Waals surface area contributed by atoms with Crippen molar-refractivity contribution in [1.82, 2.24) is 24.4 Å². The molecule has 406 valence electrons. The van der Waals surface area contributed by atoms with E-state index in [4.69, 9.17) is 28.9 Å². The fourth-order valence-corrected chi connectivity index (χ4v) is 11.2. The van der Waals surface area contributed by atoms with Gasteiger partial charge in [0.15, 0.2) is 0 Å². The van der Waals surface area contributed by atoms with E-state index in [1.54, 1.807) is 42.0 Å². The molecule has 77 heavy (non-hydrogen) atoms. The largest absolute Gasteiger partial charge is 0.490 e. The van der Waals surface area contributed by atoms with Gasteiger partial charge < -0.3 is 48.9 Å². The molecule has 2 atom stereocenters. The number of aromatic nitrogens is 4. The van der Waals surface area contributed by atoms with Gasteiger partial charge in [0, 0.05) is 57.3 Å². The van der Waals surface area contributed by atoms with Gasteiger partial charge in [0.05, 0.1) is 75.9 Å². The first-order valence-corrected chi connectivity index (χ1v) is 26.2. The molecule has 0 saturated carbocycles. The van der Waals surface area contributed by atoms with E-state index in [0.717, 1.165) is 27.6 Å². The Labute approximate surface area is 444 Å². The third-order valence-electron chi connectivity index (χ3n) is 15.6. The summed E-state index contributed by atoms with van der Waals surface area (Å²) in [4.78, 5) is 62.0. The molecule has 4 N–H and O–H groups in total. The molecule has 2 amide bonds. The molecular weight excluding hydrogens is 991 g/mol. The van der Waals surface area contributed by atoms with Crippen LogP contribution in [0.25, 0.3) is 44.6 Å². The van der Waals surface area contributed by atoms with Gasteiger partial charge in [-0.3, -0.25) is 19.2 Å². The molecule has 8 heterocycles. The Kier molecular flexibility index (Phi) is 14.7. The maximum Gasteiger partial charge on any atom is 0.258 e. The second-order valence-corrected chi connectivity index (χ2v) is 20.7. The number of anilines is 1. The monoisotopic (exact) mass is 1060 g/mol. The van der Waals surface area contributed by atoms with Crippen LogP contribution in [0, 0.1) is 25.5 Å². The maximum absolute atomic E-state index is 15.2. The predicted octanol–water partition coefficient (Wildman–Crippen LogP) is 8.56. The first-order valence-electron chi connectivity index (χ1n) is 26.2. The molecule has 4 aliphatic rings. The second kappa shape index (κ2) is 20.7. The van der Waals surface area contributed by atoms with Crippen LogP contribution in [0.1, 0.15) is 129 Å². The number of hydrogen-bond donors (Lipinski definition) is 4. The highest BCUT2D eigenvalue weighted by molar-refractivity contribution is 6.05. The average molecular weight is 1060 g/mol. The Morgan fingerprint density at radius 3 is 1.58 bits per heavy atom. The second-order valence-electron chi connectivity index (χ2n) is 20.7. The average Bonchev–Trinajstić information content (AvgIpc) is 4.22. The molecule has 0 saturated heterocycles. The Hall–Kier alpha value is -7.12. The van der Waals surface area contributed by atoms with Crippen LogP contribution in [0.15, 0.2) is 58.5 Å². The number of nitrogens with zero attached hydrogens (tertiary/aromatic N) is 4. The Balaban J connectivity index is 0.000000188. The van der Waals surface area contributed by atoms with Crippen LogP contribution in [-0.2, 0) is 85.4 Å². The lowest BCUT2D eigenvalue weighted by atomic mass is 9.84. The Morgan fingerprint density at radius 2 is 1.13 bits per heavy atom. The van der Waals surface area contributed by atoms with Crippen LogP contribution < -0.4 is 21.8 Å². The van der Waals surface area contributed by atoms with E-state index >= 15 is 8.78 Å². The van der Waals surface area contributed by atoms with Gasteiger partial charge in [-0.1, -0.05) is 40.9 Å². The van der Waals surface area contributed by atoms with Crippen molar-refractivity contribution in [3.63, 3.8) is 0 Å². The number of hydrogen-bond acceptors (Lipinski definition) is 12. The number of halogens is 2. The highest BCUT2D eigenvalue weighted by Gasteiger charge is 2.43. The molecule has 16 nitrogen and oxygen atoms in total. The summed E-state index contributed by atoms with van der Waals surface area (Å²) < 4.78 is 55.5. The van der Waals surface area contributed by atoms with Crippen molar-refractivity contribution in [3.8, 4) is 22.8 Å². The first-order chi connectivity index (χ1) is 36.5. The standard InChI is InChI=1S/C30H34FN3O5.C29H32FN3O5/c1-7-18-20-12-34-25(9-22-21(29(34)36)13-39-17(6)30(22,37)8-2)28(20)33-24-10-23(31)16(5)19(27(18)24)11-32-26(35)14-38-15(3)4;1-7-17-18-11-33-23(9-20-19(28(33)35)12-38-16(6)29(20,36)8-2)27(18)31-22-10-21(30)15(5)26(25(17)22)32-24(34)13-37-14(3)4/h9-10,15,37H,6-8,11-14H2,1-5H3,(H,32,35);9-10,14,36H,6-8,11-13H2,1-5H3,(H,32,34)/t30-;29-/m11/s1. The van der Waals surface area contributed by atoms with E-state index in [1.165, 1.54) is 12.1 Å². The summed E-state index contributed by atoms with van der Waals surface area (Å²) in [6, 6.07) is 6.36. The molecule has 0 spiro atoms. The molecule has 6 aromatic rings. The number of fused-ring (bicyclic) bond motifs is 10. The van der Waals surface area contributed by atoms with Gasteiger partial charge >= 0.3 is 0 Å². The molecular formula is C59H66F2N6O10. The highest BCUT2D eigenvalue weighted by Crippen LogP contribution is 2.46. The van der Waals surface area contributed by atoms with Gasteiger partial charge in [0.2, 0.25) is 11.8 Å². The van der Waals surface area contributed by atoms with Crippen molar-refractivity contribution in [2.45, 2.75) is 151 Å². The summed E-state index contributed by atoms with van der Waals surface area (Å²) in [7, 11) is 0. The zero-order chi connectivity index (χ0) is 55.7. The van der Waals surface area contributed by atoms with E-state index < -0.39 is 22.8 Å². The van der Waals surface area contributed by atoms with Crippen molar-refractivity contribution in [2.24, 2.45) is 0 Å². The van der Waals surface area contributed by atoms with Crippen molar-refractivity contribution < 1.29 is 47.5 Å². The fraction of sp³-hybridized carbons (Fsp3) is 0.424. The maximum atomic E-state index is 15.2. The third kappa shape index (κ3) is 9.11. The number of rotatable bonds is 13. The number of carbonyl (C=O) groups is 2. The van der Waals surface area contributed by atoms with Gasteiger partial charge in [-0.25, -0.2) is 18.7 Å². The summed E-state index contributed by atoms with van der Waals surface area (Å²) >= 11 is 0. The first kappa shape index (κ1) is 54.7. The van der Waals surface area contributed by atoms with E-state index in [-0.39, 0.29) is 92.6 Å². The summed E-state index contributed by atoms with van der Waals surface area (Å²) in [5.74, 6) is -1.18. The van der Waals surface area contributed by atoms with Crippen LogP contribution in [-0.4, -0.2) is 66.6 Å². The van der Waals surface area contributed by atoms with E-state index in [9.17, 15) is 29.4 Å².